The van der Waals surface area contributed by atoms with E-state index in [0.29, 0.717) is 11.6 Å². The van der Waals surface area contributed by atoms with Crippen molar-refractivity contribution in [1.82, 2.24) is 9.78 Å². The highest BCUT2D eigenvalue weighted by Crippen LogP contribution is 2.18. The summed E-state index contributed by atoms with van der Waals surface area (Å²) in [6, 6.07) is 9.19. The third-order valence-corrected chi connectivity index (χ3v) is 3.06. The molecule has 1 N–H and O–H groups in total. The molecule has 0 saturated carbocycles. The van der Waals surface area contributed by atoms with Crippen LogP contribution in [-0.2, 0) is 12.0 Å². The van der Waals surface area contributed by atoms with Gasteiger partial charge >= 0.3 is 0 Å². The van der Waals surface area contributed by atoms with Crippen LogP contribution in [0.4, 0.5) is 0 Å². The van der Waals surface area contributed by atoms with E-state index in [0.717, 1.165) is 11.3 Å². The maximum Gasteiger partial charge on any atom is 0.267 e. The smallest absolute Gasteiger partial charge is 0.267 e. The highest BCUT2D eigenvalue weighted by Gasteiger charge is 2.17. The van der Waals surface area contributed by atoms with Gasteiger partial charge < -0.3 is 0 Å². The van der Waals surface area contributed by atoms with Gasteiger partial charge in [-0.1, -0.05) is 44.5 Å². The number of aromatic amines is 1. The molecule has 96 valence electrons. The molecule has 0 bridgehead atoms. The van der Waals surface area contributed by atoms with Crippen molar-refractivity contribution in [3.8, 4) is 0 Å². The van der Waals surface area contributed by atoms with Crippen LogP contribution in [0.25, 0.3) is 0 Å². The summed E-state index contributed by atoms with van der Waals surface area (Å²) in [4.78, 5) is 11.9. The van der Waals surface area contributed by atoms with Crippen LogP contribution in [0.5, 0.6) is 0 Å². The molecule has 0 spiro atoms. The first-order valence-corrected chi connectivity index (χ1v) is 6.29. The molecule has 1 aromatic carbocycles. The van der Waals surface area contributed by atoms with Gasteiger partial charge in [0.1, 0.15) is 0 Å². The Kier molecular flexibility index (Phi) is 3.35. The number of hydrogen-bond acceptors (Lipinski definition) is 1. The lowest BCUT2D eigenvalue weighted by Gasteiger charge is -2.15. The van der Waals surface area contributed by atoms with E-state index in [1.807, 2.05) is 24.3 Å². The highest BCUT2D eigenvalue weighted by molar-refractivity contribution is 6.30. The lowest BCUT2D eigenvalue weighted by Crippen LogP contribution is -2.17. The van der Waals surface area contributed by atoms with Gasteiger partial charge in [-0.2, -0.15) is 0 Å². The van der Waals surface area contributed by atoms with Crippen molar-refractivity contribution in [2.24, 2.45) is 0 Å². The molecule has 2 rings (SSSR count). The Balaban J connectivity index is 2.30. The third kappa shape index (κ3) is 2.85. The second kappa shape index (κ2) is 4.65. The second-order valence-electron chi connectivity index (χ2n) is 5.47. The fourth-order valence-corrected chi connectivity index (χ4v) is 1.97. The standard InChI is InChI=1S/C14H17ClN2O/c1-14(2,3)12-8-13(18)17(16-12)9-10-5-4-6-11(15)7-10/h4-8,16H,9H2,1-3H3. The van der Waals surface area contributed by atoms with Crippen molar-refractivity contribution in [2.75, 3.05) is 0 Å². The first-order valence-electron chi connectivity index (χ1n) is 5.91. The number of nitrogens with one attached hydrogen (secondary N) is 1. The van der Waals surface area contributed by atoms with Crippen LogP contribution in [0.1, 0.15) is 32.0 Å². The van der Waals surface area contributed by atoms with Gasteiger partial charge in [-0.25, -0.2) is 4.68 Å². The quantitative estimate of drug-likeness (QED) is 0.889. The molecule has 4 heteroatoms. The van der Waals surface area contributed by atoms with Gasteiger partial charge in [0.2, 0.25) is 0 Å². The third-order valence-electron chi connectivity index (χ3n) is 2.83. The summed E-state index contributed by atoms with van der Waals surface area (Å²) in [7, 11) is 0. The van der Waals surface area contributed by atoms with E-state index in [1.54, 1.807) is 10.7 Å². The van der Waals surface area contributed by atoms with Crippen LogP contribution < -0.4 is 5.56 Å². The molecule has 0 aliphatic rings. The lowest BCUT2D eigenvalue weighted by molar-refractivity contribution is 0.543. The Bertz CT molecular complexity index is 605. The molecule has 0 aliphatic carbocycles. The van der Waals surface area contributed by atoms with Crippen molar-refractivity contribution in [2.45, 2.75) is 32.7 Å². The Hall–Kier alpha value is -1.48. The normalized spacial score (nSPS) is 11.8. The Morgan fingerprint density at radius 1 is 1.28 bits per heavy atom. The summed E-state index contributed by atoms with van der Waals surface area (Å²) in [5.74, 6) is 0. The molecule has 0 fully saturated rings. The van der Waals surface area contributed by atoms with Gasteiger partial charge in [0.15, 0.2) is 0 Å². The topological polar surface area (TPSA) is 37.8 Å². The zero-order valence-electron chi connectivity index (χ0n) is 10.8. The molecule has 1 heterocycles. The van der Waals surface area contributed by atoms with Gasteiger partial charge in [0, 0.05) is 22.2 Å². The number of rotatable bonds is 2. The predicted molar refractivity (Wildman–Crippen MR) is 74.3 cm³/mol. The molecular weight excluding hydrogens is 248 g/mol. The van der Waals surface area contributed by atoms with Gasteiger partial charge in [-0.15, -0.1) is 0 Å². The number of nitrogens with zero attached hydrogens (tertiary/aromatic N) is 1. The summed E-state index contributed by atoms with van der Waals surface area (Å²) in [5, 5.41) is 3.83. The van der Waals surface area contributed by atoms with Crippen LogP contribution in [-0.4, -0.2) is 9.78 Å². The Morgan fingerprint density at radius 2 is 2.00 bits per heavy atom. The van der Waals surface area contributed by atoms with E-state index in [-0.39, 0.29) is 11.0 Å². The number of halogens is 1. The van der Waals surface area contributed by atoms with E-state index >= 15 is 0 Å². The molecule has 0 radical (unpaired) electrons. The minimum absolute atomic E-state index is 0.0140. The van der Waals surface area contributed by atoms with Gasteiger partial charge in [-0.3, -0.25) is 9.89 Å². The van der Waals surface area contributed by atoms with E-state index < -0.39 is 0 Å². The van der Waals surface area contributed by atoms with Crippen LogP contribution in [0.2, 0.25) is 5.02 Å². The summed E-state index contributed by atoms with van der Waals surface area (Å²) in [6.45, 7) is 6.72. The fourth-order valence-electron chi connectivity index (χ4n) is 1.75. The number of benzene rings is 1. The maximum absolute atomic E-state index is 11.9. The summed E-state index contributed by atoms with van der Waals surface area (Å²) in [5.41, 5.74) is 1.87. The van der Waals surface area contributed by atoms with Crippen LogP contribution in [0, 0.1) is 0 Å². The van der Waals surface area contributed by atoms with Crippen molar-refractivity contribution in [3.05, 3.63) is 57.0 Å². The average Bonchev–Trinajstić information content (AvgIpc) is 2.60. The minimum atomic E-state index is -0.0568. The summed E-state index contributed by atoms with van der Waals surface area (Å²) >= 11 is 5.93. The first kappa shape index (κ1) is 13.0. The fraction of sp³-hybridized carbons (Fsp3) is 0.357. The van der Waals surface area contributed by atoms with Gasteiger partial charge in [0.25, 0.3) is 5.56 Å². The Morgan fingerprint density at radius 3 is 2.56 bits per heavy atom. The monoisotopic (exact) mass is 264 g/mol. The minimum Gasteiger partial charge on any atom is -0.299 e. The summed E-state index contributed by atoms with van der Waals surface area (Å²) in [6.07, 6.45) is 0. The number of aromatic nitrogens is 2. The molecule has 0 aliphatic heterocycles. The van der Waals surface area contributed by atoms with Crippen LogP contribution in [0.3, 0.4) is 0 Å². The van der Waals surface area contributed by atoms with Crippen molar-refractivity contribution in [3.63, 3.8) is 0 Å². The number of hydrogen-bond donors (Lipinski definition) is 1. The van der Waals surface area contributed by atoms with E-state index in [9.17, 15) is 4.79 Å². The van der Waals surface area contributed by atoms with Crippen LogP contribution >= 0.6 is 11.6 Å². The molecular formula is C14H17ClN2O. The zero-order valence-corrected chi connectivity index (χ0v) is 11.6. The van der Waals surface area contributed by atoms with E-state index in [4.69, 9.17) is 11.6 Å². The molecule has 3 nitrogen and oxygen atoms in total. The van der Waals surface area contributed by atoms with Crippen molar-refractivity contribution >= 4 is 11.6 Å². The molecule has 1 aromatic heterocycles. The van der Waals surface area contributed by atoms with Crippen molar-refractivity contribution in [1.29, 1.82) is 0 Å². The molecule has 0 unspecified atom stereocenters. The lowest BCUT2D eigenvalue weighted by atomic mass is 9.93. The summed E-state index contributed by atoms with van der Waals surface area (Å²) < 4.78 is 1.60. The maximum atomic E-state index is 11.9. The first-order chi connectivity index (χ1) is 8.36. The zero-order chi connectivity index (χ0) is 13.3. The second-order valence-corrected chi connectivity index (χ2v) is 5.91. The van der Waals surface area contributed by atoms with Crippen LogP contribution in [0.15, 0.2) is 35.1 Å². The molecule has 0 atom stereocenters. The van der Waals surface area contributed by atoms with Crippen molar-refractivity contribution < 1.29 is 0 Å². The van der Waals surface area contributed by atoms with E-state index in [1.165, 1.54) is 0 Å². The van der Waals surface area contributed by atoms with E-state index in [2.05, 4.69) is 25.9 Å². The average molecular weight is 265 g/mol. The Labute approximate surface area is 111 Å². The predicted octanol–water partition coefficient (Wildman–Crippen LogP) is 3.18. The molecule has 0 amide bonds. The highest BCUT2D eigenvalue weighted by atomic mass is 35.5. The SMILES string of the molecule is CC(C)(C)c1cc(=O)n(Cc2cccc(Cl)c2)[nH]1. The number of H-pyrrole nitrogens is 1. The largest absolute Gasteiger partial charge is 0.299 e. The molecule has 18 heavy (non-hydrogen) atoms. The van der Waals surface area contributed by atoms with Gasteiger partial charge in [-0.05, 0) is 17.7 Å². The molecule has 2 aromatic rings. The molecule has 0 saturated heterocycles. The van der Waals surface area contributed by atoms with Gasteiger partial charge in [0.05, 0.1) is 6.54 Å².